The molecular formula is C17H21NO3. The van der Waals surface area contributed by atoms with Crippen LogP contribution >= 0.6 is 0 Å². The Bertz CT molecular complexity index is 550. The molecule has 2 aliphatic rings. The fraction of sp³-hybridized carbons (Fsp3) is 0.529. The van der Waals surface area contributed by atoms with Crippen molar-refractivity contribution in [3.8, 4) is 0 Å². The van der Waals surface area contributed by atoms with Crippen molar-refractivity contribution in [1.82, 2.24) is 4.90 Å². The number of carbonyl (C=O) groups excluding carboxylic acids is 1. The number of hydrogen-bond donors (Lipinski definition) is 1. The number of likely N-dealkylation sites (tertiary alicyclic amines) is 1. The van der Waals surface area contributed by atoms with Crippen LogP contribution in [0.5, 0.6) is 0 Å². The second kappa shape index (κ2) is 5.17. The summed E-state index contributed by atoms with van der Waals surface area (Å²) in [7, 11) is 0. The summed E-state index contributed by atoms with van der Waals surface area (Å²) in [4.78, 5) is 25.8. The van der Waals surface area contributed by atoms with Crippen LogP contribution in [-0.4, -0.2) is 34.5 Å². The largest absolute Gasteiger partial charge is 0.481 e. The molecule has 1 aliphatic carbocycles. The average Bonchev–Trinajstić information content (AvgIpc) is 3.14. The second-order valence-corrected chi connectivity index (χ2v) is 6.42. The summed E-state index contributed by atoms with van der Waals surface area (Å²) in [6.07, 6.45) is 3.18. The molecule has 4 heteroatoms. The van der Waals surface area contributed by atoms with Crippen LogP contribution in [-0.2, 0) is 16.0 Å². The van der Waals surface area contributed by atoms with Crippen LogP contribution in [0.2, 0.25) is 0 Å². The molecule has 2 fully saturated rings. The molecule has 1 saturated carbocycles. The normalized spacial score (nSPS) is 26.6. The highest BCUT2D eigenvalue weighted by Crippen LogP contribution is 2.51. The molecule has 21 heavy (non-hydrogen) atoms. The van der Waals surface area contributed by atoms with Crippen molar-refractivity contribution in [3.05, 3.63) is 35.9 Å². The molecule has 0 radical (unpaired) electrons. The molecule has 3 rings (SSSR count). The monoisotopic (exact) mass is 287 g/mol. The lowest BCUT2D eigenvalue weighted by Gasteiger charge is -2.28. The first kappa shape index (κ1) is 14.1. The van der Waals surface area contributed by atoms with Gasteiger partial charge in [0.2, 0.25) is 5.91 Å². The summed E-state index contributed by atoms with van der Waals surface area (Å²) in [5.41, 5.74) is 0.910. The minimum absolute atomic E-state index is 0.155. The minimum Gasteiger partial charge on any atom is -0.481 e. The number of rotatable bonds is 4. The Morgan fingerprint density at radius 1 is 1.29 bits per heavy atom. The van der Waals surface area contributed by atoms with Crippen molar-refractivity contribution in [2.45, 2.75) is 38.6 Å². The van der Waals surface area contributed by atoms with Gasteiger partial charge in [-0.1, -0.05) is 30.3 Å². The molecule has 1 saturated heterocycles. The van der Waals surface area contributed by atoms with E-state index in [2.05, 4.69) is 12.1 Å². The van der Waals surface area contributed by atoms with E-state index < -0.39 is 11.9 Å². The summed E-state index contributed by atoms with van der Waals surface area (Å²) >= 11 is 0. The van der Waals surface area contributed by atoms with E-state index in [1.165, 1.54) is 5.56 Å². The van der Waals surface area contributed by atoms with Crippen molar-refractivity contribution in [1.29, 1.82) is 0 Å². The number of nitrogens with zero attached hydrogens (tertiary/aromatic N) is 1. The van der Waals surface area contributed by atoms with Crippen LogP contribution in [0.15, 0.2) is 30.3 Å². The molecule has 1 N–H and O–H groups in total. The molecule has 1 amide bonds. The number of carbonyl (C=O) groups is 2. The summed E-state index contributed by atoms with van der Waals surface area (Å²) in [6, 6.07) is 9.89. The maximum atomic E-state index is 12.8. The van der Waals surface area contributed by atoms with E-state index in [1.54, 1.807) is 4.90 Å². The first-order chi connectivity index (χ1) is 10.0. The second-order valence-electron chi connectivity index (χ2n) is 6.42. The molecule has 0 bridgehead atoms. The molecular weight excluding hydrogens is 266 g/mol. The van der Waals surface area contributed by atoms with Crippen LogP contribution in [0, 0.1) is 11.3 Å². The Hall–Kier alpha value is -1.84. The van der Waals surface area contributed by atoms with Gasteiger partial charge in [0.15, 0.2) is 0 Å². The van der Waals surface area contributed by atoms with E-state index in [0.717, 1.165) is 19.3 Å². The van der Waals surface area contributed by atoms with Crippen molar-refractivity contribution < 1.29 is 14.7 Å². The van der Waals surface area contributed by atoms with Gasteiger partial charge in [0.25, 0.3) is 0 Å². The van der Waals surface area contributed by atoms with Gasteiger partial charge in [0.05, 0.1) is 11.3 Å². The standard InChI is InChI=1S/C17H21NO3/c1-12-14(15(19)20)7-10-18(12)16(21)17(8-9-17)11-13-5-3-2-4-6-13/h2-6,12,14H,7-11H2,1H3,(H,19,20). The first-order valence-electron chi connectivity index (χ1n) is 7.61. The number of carboxylic acid groups (broad SMARTS) is 1. The number of amides is 1. The number of aliphatic carboxylic acids is 1. The molecule has 4 nitrogen and oxygen atoms in total. The lowest BCUT2D eigenvalue weighted by atomic mass is 9.94. The molecule has 0 spiro atoms. The Morgan fingerprint density at radius 2 is 1.95 bits per heavy atom. The van der Waals surface area contributed by atoms with Gasteiger partial charge in [-0.3, -0.25) is 9.59 Å². The molecule has 1 aromatic carbocycles. The lowest BCUT2D eigenvalue weighted by molar-refractivity contribution is -0.144. The Balaban J connectivity index is 1.72. The van der Waals surface area contributed by atoms with Gasteiger partial charge < -0.3 is 10.0 Å². The highest BCUT2D eigenvalue weighted by Gasteiger charge is 2.54. The van der Waals surface area contributed by atoms with Crippen LogP contribution in [0.1, 0.15) is 31.7 Å². The van der Waals surface area contributed by atoms with Gasteiger partial charge in [-0.25, -0.2) is 0 Å². The molecule has 2 atom stereocenters. The zero-order chi connectivity index (χ0) is 15.0. The lowest BCUT2D eigenvalue weighted by Crippen LogP contribution is -2.42. The van der Waals surface area contributed by atoms with E-state index in [0.29, 0.717) is 13.0 Å². The smallest absolute Gasteiger partial charge is 0.308 e. The predicted molar refractivity (Wildman–Crippen MR) is 78.7 cm³/mol. The van der Waals surface area contributed by atoms with Crippen LogP contribution < -0.4 is 0 Å². The molecule has 0 aromatic heterocycles. The van der Waals surface area contributed by atoms with Crippen molar-refractivity contribution in [2.24, 2.45) is 11.3 Å². The zero-order valence-corrected chi connectivity index (χ0v) is 12.3. The quantitative estimate of drug-likeness (QED) is 0.924. The van der Waals surface area contributed by atoms with E-state index in [-0.39, 0.29) is 17.4 Å². The molecule has 2 unspecified atom stereocenters. The Morgan fingerprint density at radius 3 is 2.48 bits per heavy atom. The molecule has 112 valence electrons. The van der Waals surface area contributed by atoms with Gasteiger partial charge in [-0.15, -0.1) is 0 Å². The van der Waals surface area contributed by atoms with Gasteiger partial charge in [-0.05, 0) is 38.2 Å². The highest BCUT2D eigenvalue weighted by atomic mass is 16.4. The van der Waals surface area contributed by atoms with E-state index >= 15 is 0 Å². The van der Waals surface area contributed by atoms with E-state index in [1.807, 2.05) is 25.1 Å². The summed E-state index contributed by atoms with van der Waals surface area (Å²) in [5.74, 6) is -1.05. The summed E-state index contributed by atoms with van der Waals surface area (Å²) in [6.45, 7) is 2.44. The Labute approximate surface area is 124 Å². The van der Waals surface area contributed by atoms with Crippen LogP contribution in [0.4, 0.5) is 0 Å². The van der Waals surface area contributed by atoms with Crippen molar-refractivity contribution in [3.63, 3.8) is 0 Å². The van der Waals surface area contributed by atoms with Crippen molar-refractivity contribution >= 4 is 11.9 Å². The van der Waals surface area contributed by atoms with Crippen LogP contribution in [0.3, 0.4) is 0 Å². The molecule has 1 aromatic rings. The number of carboxylic acids is 1. The third kappa shape index (κ3) is 2.55. The fourth-order valence-electron chi connectivity index (χ4n) is 3.46. The summed E-state index contributed by atoms with van der Waals surface area (Å²) in [5, 5.41) is 9.20. The molecule has 1 heterocycles. The third-order valence-corrected chi connectivity index (χ3v) is 5.03. The number of hydrogen-bond acceptors (Lipinski definition) is 2. The minimum atomic E-state index is -0.786. The van der Waals surface area contributed by atoms with Gasteiger partial charge in [-0.2, -0.15) is 0 Å². The highest BCUT2D eigenvalue weighted by molar-refractivity contribution is 5.87. The SMILES string of the molecule is CC1C(C(=O)O)CCN1C(=O)C1(Cc2ccccc2)CC1. The van der Waals surface area contributed by atoms with Gasteiger partial charge in [0.1, 0.15) is 0 Å². The third-order valence-electron chi connectivity index (χ3n) is 5.03. The fourth-order valence-corrected chi connectivity index (χ4v) is 3.46. The topological polar surface area (TPSA) is 57.6 Å². The first-order valence-corrected chi connectivity index (χ1v) is 7.61. The summed E-state index contributed by atoms with van der Waals surface area (Å²) < 4.78 is 0. The van der Waals surface area contributed by atoms with Crippen molar-refractivity contribution in [2.75, 3.05) is 6.54 Å². The van der Waals surface area contributed by atoms with Crippen LogP contribution in [0.25, 0.3) is 0 Å². The Kier molecular flexibility index (Phi) is 3.47. The molecule has 1 aliphatic heterocycles. The van der Waals surface area contributed by atoms with E-state index in [9.17, 15) is 14.7 Å². The maximum absolute atomic E-state index is 12.8. The maximum Gasteiger partial charge on any atom is 0.308 e. The van der Waals surface area contributed by atoms with E-state index in [4.69, 9.17) is 0 Å². The average molecular weight is 287 g/mol. The van der Waals surface area contributed by atoms with Gasteiger partial charge >= 0.3 is 5.97 Å². The van der Waals surface area contributed by atoms with Gasteiger partial charge in [0, 0.05) is 12.6 Å². The number of benzene rings is 1. The zero-order valence-electron chi connectivity index (χ0n) is 12.3. The predicted octanol–water partition coefficient (Wildman–Crippen LogP) is 2.33.